The minimum atomic E-state index is -3.67. The fourth-order valence-electron chi connectivity index (χ4n) is 2.74. The van der Waals surface area contributed by atoms with Crippen molar-refractivity contribution in [3.8, 4) is 6.07 Å². The van der Waals surface area contributed by atoms with Gasteiger partial charge in [0.05, 0.1) is 6.07 Å². The highest BCUT2D eigenvalue weighted by Gasteiger charge is 2.61. The molecular weight excluding hydrogens is 246 g/mol. The molecular formula is C11H14ClNO2S. The average Bonchev–Trinajstić information content (AvgIpc) is 2.74. The van der Waals surface area contributed by atoms with Crippen molar-refractivity contribution in [1.29, 1.82) is 5.26 Å². The summed E-state index contributed by atoms with van der Waals surface area (Å²) in [6.07, 6.45) is 5.03. The van der Waals surface area contributed by atoms with E-state index in [1.807, 2.05) is 18.2 Å². The SMILES string of the molecule is CC(C)(Cl)S(=O)(=O)[C@]1(C#N)C[C@@H]2C=C[C@H]1C2. The van der Waals surface area contributed by atoms with Gasteiger partial charge in [-0.05, 0) is 32.6 Å². The van der Waals surface area contributed by atoms with Crippen molar-refractivity contribution in [2.75, 3.05) is 0 Å². The van der Waals surface area contributed by atoms with Gasteiger partial charge in [-0.3, -0.25) is 0 Å². The highest BCUT2D eigenvalue weighted by molar-refractivity contribution is 7.95. The number of hydrogen-bond acceptors (Lipinski definition) is 3. The van der Waals surface area contributed by atoms with Gasteiger partial charge in [0.2, 0.25) is 0 Å². The first kappa shape index (κ1) is 11.9. The second-order valence-electron chi connectivity index (χ2n) is 5.06. The van der Waals surface area contributed by atoms with E-state index in [9.17, 15) is 13.7 Å². The summed E-state index contributed by atoms with van der Waals surface area (Å²) in [7, 11) is -3.67. The van der Waals surface area contributed by atoms with Gasteiger partial charge < -0.3 is 0 Å². The minimum absolute atomic E-state index is 0.189. The first-order valence-corrected chi connectivity index (χ1v) is 7.13. The Morgan fingerprint density at radius 3 is 2.44 bits per heavy atom. The Morgan fingerprint density at radius 2 is 2.12 bits per heavy atom. The number of nitriles is 1. The molecule has 0 aliphatic heterocycles. The van der Waals surface area contributed by atoms with Gasteiger partial charge in [0.1, 0.15) is 4.21 Å². The van der Waals surface area contributed by atoms with Crippen molar-refractivity contribution in [2.24, 2.45) is 11.8 Å². The summed E-state index contributed by atoms with van der Waals surface area (Å²) in [6, 6.07) is 2.03. The van der Waals surface area contributed by atoms with Gasteiger partial charge in [0.25, 0.3) is 0 Å². The number of allylic oxidation sites excluding steroid dienone is 2. The molecule has 0 N–H and O–H groups in total. The van der Waals surface area contributed by atoms with Crippen LogP contribution in [0.5, 0.6) is 0 Å². The maximum Gasteiger partial charge on any atom is 0.188 e. The van der Waals surface area contributed by atoms with E-state index in [1.54, 1.807) is 0 Å². The predicted molar refractivity (Wildman–Crippen MR) is 62.5 cm³/mol. The molecule has 2 bridgehead atoms. The Hall–Kier alpha value is -0.530. The lowest BCUT2D eigenvalue weighted by Crippen LogP contribution is -2.48. The minimum Gasteiger partial charge on any atom is -0.225 e. The summed E-state index contributed by atoms with van der Waals surface area (Å²) >= 11 is 5.95. The maximum atomic E-state index is 12.4. The van der Waals surface area contributed by atoms with Crippen LogP contribution in [-0.2, 0) is 9.84 Å². The predicted octanol–water partition coefficient (Wildman–Crippen LogP) is 2.23. The lowest BCUT2D eigenvalue weighted by Gasteiger charge is -2.33. The molecule has 3 atom stereocenters. The quantitative estimate of drug-likeness (QED) is 0.564. The lowest BCUT2D eigenvalue weighted by atomic mass is 9.94. The molecule has 1 saturated carbocycles. The lowest BCUT2D eigenvalue weighted by molar-refractivity contribution is 0.505. The topological polar surface area (TPSA) is 57.9 Å². The molecule has 0 aromatic rings. The summed E-state index contributed by atoms with van der Waals surface area (Å²) in [4.78, 5) is 0. The molecule has 1 fully saturated rings. The van der Waals surface area contributed by atoms with Crippen molar-refractivity contribution < 1.29 is 8.42 Å². The molecule has 0 aromatic heterocycles. The fraction of sp³-hybridized carbons (Fsp3) is 0.727. The smallest absolute Gasteiger partial charge is 0.188 e. The van der Waals surface area contributed by atoms with Crippen LogP contribution >= 0.6 is 11.6 Å². The third kappa shape index (κ3) is 1.28. The average molecular weight is 260 g/mol. The summed E-state index contributed by atoms with van der Waals surface area (Å²) < 4.78 is 22.1. The molecule has 0 heterocycles. The van der Waals surface area contributed by atoms with Crippen LogP contribution in [-0.4, -0.2) is 17.4 Å². The number of nitrogens with zero attached hydrogens (tertiary/aromatic N) is 1. The zero-order chi connectivity index (χ0) is 12.2. The van der Waals surface area contributed by atoms with E-state index < -0.39 is 18.8 Å². The molecule has 0 unspecified atom stereocenters. The molecule has 5 heteroatoms. The van der Waals surface area contributed by atoms with E-state index in [1.165, 1.54) is 13.8 Å². The van der Waals surface area contributed by atoms with Crippen LogP contribution in [0.4, 0.5) is 0 Å². The van der Waals surface area contributed by atoms with Gasteiger partial charge in [-0.15, -0.1) is 11.6 Å². The molecule has 88 valence electrons. The Bertz CT molecular complexity index is 483. The van der Waals surface area contributed by atoms with Gasteiger partial charge in [-0.25, -0.2) is 8.42 Å². The van der Waals surface area contributed by atoms with Gasteiger partial charge in [0, 0.05) is 5.92 Å². The normalized spacial score (nSPS) is 37.6. The van der Waals surface area contributed by atoms with E-state index in [4.69, 9.17) is 11.6 Å². The van der Waals surface area contributed by atoms with Crippen molar-refractivity contribution in [1.82, 2.24) is 0 Å². The number of alkyl halides is 1. The number of sulfone groups is 1. The van der Waals surface area contributed by atoms with Crippen LogP contribution in [0.1, 0.15) is 26.7 Å². The van der Waals surface area contributed by atoms with Gasteiger partial charge in [-0.1, -0.05) is 12.2 Å². The molecule has 0 spiro atoms. The van der Waals surface area contributed by atoms with Crippen molar-refractivity contribution in [3.05, 3.63) is 12.2 Å². The summed E-state index contributed by atoms with van der Waals surface area (Å²) in [6.45, 7) is 2.89. The van der Waals surface area contributed by atoms with Crippen LogP contribution in [0.25, 0.3) is 0 Å². The third-order valence-corrected chi connectivity index (χ3v) is 7.05. The van der Waals surface area contributed by atoms with Crippen molar-refractivity contribution in [2.45, 2.75) is 35.6 Å². The van der Waals surface area contributed by atoms with E-state index in [0.29, 0.717) is 6.42 Å². The zero-order valence-corrected chi connectivity index (χ0v) is 10.8. The number of rotatable bonds is 2. The highest BCUT2D eigenvalue weighted by Crippen LogP contribution is 2.53. The first-order valence-electron chi connectivity index (χ1n) is 5.27. The van der Waals surface area contributed by atoms with Crippen molar-refractivity contribution >= 4 is 21.4 Å². The van der Waals surface area contributed by atoms with Crippen LogP contribution in [0.2, 0.25) is 0 Å². The molecule has 16 heavy (non-hydrogen) atoms. The van der Waals surface area contributed by atoms with Gasteiger partial charge in [-0.2, -0.15) is 5.26 Å². The van der Waals surface area contributed by atoms with E-state index in [-0.39, 0.29) is 11.8 Å². The number of hydrogen-bond donors (Lipinski definition) is 0. The summed E-state index contributed by atoms with van der Waals surface area (Å²) in [5, 5.41) is 9.32. The molecule has 2 aliphatic carbocycles. The van der Waals surface area contributed by atoms with Gasteiger partial charge >= 0.3 is 0 Å². The summed E-state index contributed by atoms with van der Waals surface area (Å²) in [5.41, 5.74) is 0. The Balaban J connectivity index is 2.55. The first-order chi connectivity index (χ1) is 7.24. The highest BCUT2D eigenvalue weighted by atomic mass is 35.5. The number of halogens is 1. The van der Waals surface area contributed by atoms with E-state index in [2.05, 4.69) is 0 Å². The fourth-order valence-corrected chi connectivity index (χ4v) is 5.15. The second kappa shape index (κ2) is 3.24. The Labute approximate surface area is 101 Å². The monoisotopic (exact) mass is 259 g/mol. The third-order valence-electron chi connectivity index (χ3n) is 3.64. The molecule has 0 saturated heterocycles. The van der Waals surface area contributed by atoms with Crippen LogP contribution in [0.15, 0.2) is 12.2 Å². The second-order valence-corrected chi connectivity index (χ2v) is 8.98. The van der Waals surface area contributed by atoms with Crippen LogP contribution < -0.4 is 0 Å². The van der Waals surface area contributed by atoms with E-state index >= 15 is 0 Å². The van der Waals surface area contributed by atoms with Gasteiger partial charge in [0.15, 0.2) is 14.6 Å². The molecule has 2 aliphatic rings. The standard InChI is InChI=1S/C11H14ClNO2S/c1-10(2,12)16(14,15)11(7-13)6-8-3-4-9(11)5-8/h3-4,8-9H,5-6H2,1-2H3/t8-,9+,11+/m1/s1. The van der Waals surface area contributed by atoms with Crippen LogP contribution in [0, 0.1) is 23.2 Å². The summed E-state index contributed by atoms with van der Waals surface area (Å²) in [5.74, 6) is 0.0315. The largest absolute Gasteiger partial charge is 0.225 e. The molecule has 2 rings (SSSR count). The molecule has 3 nitrogen and oxygen atoms in total. The zero-order valence-electron chi connectivity index (χ0n) is 9.27. The molecule has 0 radical (unpaired) electrons. The Kier molecular flexibility index (Phi) is 2.42. The Morgan fingerprint density at radius 1 is 1.50 bits per heavy atom. The molecule has 0 amide bonds. The van der Waals surface area contributed by atoms with E-state index in [0.717, 1.165) is 6.42 Å². The van der Waals surface area contributed by atoms with Crippen LogP contribution in [0.3, 0.4) is 0 Å². The maximum absolute atomic E-state index is 12.4. The number of fused-ring (bicyclic) bond motifs is 2. The molecule has 0 aromatic carbocycles. The van der Waals surface area contributed by atoms with Crippen molar-refractivity contribution in [3.63, 3.8) is 0 Å².